The number of hydrogen-bond acceptors (Lipinski definition) is 4. The minimum atomic E-state index is -0.485. The monoisotopic (exact) mass is 384 g/mol. The fourth-order valence-electron chi connectivity index (χ4n) is 2.01. The predicted molar refractivity (Wildman–Crippen MR) is 96.4 cm³/mol. The van der Waals surface area contributed by atoms with Crippen LogP contribution in [0.1, 0.15) is 11.1 Å². The van der Waals surface area contributed by atoms with Gasteiger partial charge in [0.25, 0.3) is 5.69 Å². The minimum Gasteiger partial charge on any atom is -0.488 e. The van der Waals surface area contributed by atoms with Gasteiger partial charge in [0, 0.05) is 12.1 Å². The number of nitro groups is 1. The van der Waals surface area contributed by atoms with E-state index in [2.05, 4.69) is 28.6 Å². The van der Waals surface area contributed by atoms with Gasteiger partial charge in [-0.3, -0.25) is 10.1 Å². The molecule has 0 unspecified atom stereocenters. The van der Waals surface area contributed by atoms with E-state index in [4.69, 9.17) is 4.74 Å². The molecule has 0 bridgehead atoms. The molecule has 5 nitrogen and oxygen atoms in total. The quantitative estimate of drug-likeness (QED) is 0.231. The van der Waals surface area contributed by atoms with Crippen LogP contribution in [0.5, 0.6) is 5.75 Å². The Labute approximate surface area is 147 Å². The maximum atomic E-state index is 10.9. The zero-order valence-corrected chi connectivity index (χ0v) is 14.2. The van der Waals surface area contributed by atoms with Gasteiger partial charge in [0.05, 0.1) is 21.0 Å². The van der Waals surface area contributed by atoms with E-state index in [-0.39, 0.29) is 5.69 Å². The molecule has 0 saturated heterocycles. The maximum absolute atomic E-state index is 10.9. The molecule has 0 amide bonds. The van der Waals surface area contributed by atoms with Crippen LogP contribution in [0.15, 0.2) is 59.6 Å². The molecule has 0 heterocycles. The number of rotatable bonds is 6. The van der Waals surface area contributed by atoms with Gasteiger partial charge >= 0.3 is 0 Å². The molecule has 0 aliphatic heterocycles. The summed E-state index contributed by atoms with van der Waals surface area (Å²) in [4.78, 5) is 10.4. The van der Waals surface area contributed by atoms with E-state index in [1.807, 2.05) is 6.07 Å². The van der Waals surface area contributed by atoms with Crippen LogP contribution in [0, 0.1) is 21.4 Å². The van der Waals surface area contributed by atoms with E-state index in [1.165, 1.54) is 12.1 Å². The lowest BCUT2D eigenvalue weighted by Gasteiger charge is -2.07. The first-order valence-corrected chi connectivity index (χ1v) is 7.74. The Morgan fingerprint density at radius 2 is 2.17 bits per heavy atom. The molecule has 24 heavy (non-hydrogen) atoms. The summed E-state index contributed by atoms with van der Waals surface area (Å²) in [5, 5.41) is 20.2. The second-order valence-electron chi connectivity index (χ2n) is 4.77. The highest BCUT2D eigenvalue weighted by Gasteiger charge is 2.09. The van der Waals surface area contributed by atoms with Crippen molar-refractivity contribution in [1.29, 1.82) is 5.26 Å². The van der Waals surface area contributed by atoms with Gasteiger partial charge in [0.2, 0.25) is 0 Å². The van der Waals surface area contributed by atoms with Crippen LogP contribution in [0.25, 0.3) is 11.6 Å². The van der Waals surface area contributed by atoms with Crippen LogP contribution in [0.2, 0.25) is 0 Å². The first kappa shape index (κ1) is 17.4. The third-order valence-electron chi connectivity index (χ3n) is 3.11. The van der Waals surface area contributed by atoms with Crippen molar-refractivity contribution < 1.29 is 9.66 Å². The molecule has 0 aliphatic rings. The van der Waals surface area contributed by atoms with Gasteiger partial charge in [0.15, 0.2) is 0 Å². The smallest absolute Gasteiger partial charge is 0.270 e. The molecule has 6 heteroatoms. The summed E-state index contributed by atoms with van der Waals surface area (Å²) in [7, 11) is 0. The highest BCUT2D eigenvalue weighted by atomic mass is 79.9. The maximum Gasteiger partial charge on any atom is 0.270 e. The number of nitro benzene ring substituents is 1. The fraction of sp³-hybridized carbons (Fsp3) is 0.0556. The molecule has 0 N–H and O–H groups in total. The van der Waals surface area contributed by atoms with Crippen molar-refractivity contribution in [1.82, 2.24) is 0 Å². The van der Waals surface area contributed by atoms with Crippen molar-refractivity contribution in [2.24, 2.45) is 0 Å². The number of nitrogens with zero attached hydrogens (tertiary/aromatic N) is 2. The zero-order valence-electron chi connectivity index (χ0n) is 12.6. The fourth-order valence-corrected chi connectivity index (χ4v) is 2.52. The Bertz CT molecular complexity index is 854. The SMILES string of the molecule is C=CCOc1ccc(C=C(C#N)c2cccc([N+](=O)[O-])c2)cc1Br. The van der Waals surface area contributed by atoms with Gasteiger partial charge in [-0.25, -0.2) is 0 Å². The summed E-state index contributed by atoms with van der Waals surface area (Å²) in [5.41, 5.74) is 1.55. The van der Waals surface area contributed by atoms with Gasteiger partial charge in [-0.15, -0.1) is 0 Å². The molecule has 0 aliphatic carbocycles. The second kappa shape index (κ2) is 8.09. The second-order valence-corrected chi connectivity index (χ2v) is 5.62. The molecule has 0 aromatic heterocycles. The summed E-state index contributed by atoms with van der Waals surface area (Å²) in [6.07, 6.45) is 3.32. The first-order chi connectivity index (χ1) is 11.5. The average molecular weight is 385 g/mol. The van der Waals surface area contributed by atoms with Crippen LogP contribution < -0.4 is 4.74 Å². The average Bonchev–Trinajstić information content (AvgIpc) is 2.59. The number of nitriles is 1. The van der Waals surface area contributed by atoms with Gasteiger partial charge < -0.3 is 4.74 Å². The van der Waals surface area contributed by atoms with Gasteiger partial charge in [-0.1, -0.05) is 30.9 Å². The van der Waals surface area contributed by atoms with Gasteiger partial charge in [-0.05, 0) is 45.3 Å². The van der Waals surface area contributed by atoms with Crippen LogP contribution in [-0.2, 0) is 0 Å². The Hall–Kier alpha value is -2.91. The Kier molecular flexibility index (Phi) is 5.88. The van der Waals surface area contributed by atoms with E-state index in [1.54, 1.807) is 36.4 Å². The van der Waals surface area contributed by atoms with Gasteiger partial charge in [-0.2, -0.15) is 5.26 Å². The molecule has 0 spiro atoms. The highest BCUT2D eigenvalue weighted by molar-refractivity contribution is 9.10. The lowest BCUT2D eigenvalue weighted by molar-refractivity contribution is -0.384. The highest BCUT2D eigenvalue weighted by Crippen LogP contribution is 2.28. The molecule has 0 atom stereocenters. The Balaban J connectivity index is 2.35. The summed E-state index contributed by atoms with van der Waals surface area (Å²) in [5.74, 6) is 0.668. The molecule has 0 radical (unpaired) electrons. The number of non-ortho nitro benzene ring substituents is 1. The van der Waals surface area contributed by atoms with Crippen LogP contribution in [0.3, 0.4) is 0 Å². The van der Waals surface area contributed by atoms with Crippen molar-refractivity contribution in [2.45, 2.75) is 0 Å². The van der Waals surface area contributed by atoms with Crippen LogP contribution in [0.4, 0.5) is 5.69 Å². The minimum absolute atomic E-state index is 0.0528. The first-order valence-electron chi connectivity index (χ1n) is 6.95. The molecule has 2 rings (SSSR count). The molecule has 2 aromatic rings. The summed E-state index contributed by atoms with van der Waals surface area (Å²) < 4.78 is 6.22. The molecule has 120 valence electrons. The normalized spacial score (nSPS) is 10.8. The topological polar surface area (TPSA) is 76.2 Å². The molecular formula is C18H13BrN2O3. The summed E-state index contributed by atoms with van der Waals surface area (Å²) in [6, 6.07) is 13.5. The summed E-state index contributed by atoms with van der Waals surface area (Å²) >= 11 is 3.42. The van der Waals surface area contributed by atoms with Crippen molar-refractivity contribution in [2.75, 3.05) is 6.61 Å². The van der Waals surface area contributed by atoms with E-state index >= 15 is 0 Å². The standard InChI is InChI=1S/C18H13BrN2O3/c1-2-8-24-18-7-6-13(10-17(18)19)9-15(12-20)14-4-3-5-16(11-14)21(22)23/h2-7,9-11H,1,8H2. The van der Waals surface area contributed by atoms with Crippen molar-refractivity contribution >= 4 is 33.3 Å². The Morgan fingerprint density at radius 1 is 1.38 bits per heavy atom. The molecule has 0 fully saturated rings. The number of ether oxygens (including phenoxy) is 1. The van der Waals surface area contributed by atoms with Crippen LogP contribution >= 0.6 is 15.9 Å². The number of allylic oxidation sites excluding steroid dienone is 1. The van der Waals surface area contributed by atoms with Gasteiger partial charge in [0.1, 0.15) is 12.4 Å². The third-order valence-corrected chi connectivity index (χ3v) is 3.73. The van der Waals surface area contributed by atoms with E-state index < -0.39 is 4.92 Å². The van der Waals surface area contributed by atoms with Crippen LogP contribution in [-0.4, -0.2) is 11.5 Å². The zero-order chi connectivity index (χ0) is 17.5. The third kappa shape index (κ3) is 4.31. The number of hydrogen-bond donors (Lipinski definition) is 0. The van der Waals surface area contributed by atoms with E-state index in [9.17, 15) is 15.4 Å². The van der Waals surface area contributed by atoms with E-state index in [0.29, 0.717) is 23.5 Å². The van der Waals surface area contributed by atoms with Crippen molar-refractivity contribution in [3.63, 3.8) is 0 Å². The van der Waals surface area contributed by atoms with Crippen molar-refractivity contribution in [3.8, 4) is 11.8 Å². The van der Waals surface area contributed by atoms with Crippen molar-refractivity contribution in [3.05, 3.63) is 80.8 Å². The lowest BCUT2D eigenvalue weighted by atomic mass is 10.0. The number of benzene rings is 2. The molecular weight excluding hydrogens is 372 g/mol. The lowest BCUT2D eigenvalue weighted by Crippen LogP contribution is -1.93. The number of halogens is 1. The van der Waals surface area contributed by atoms with E-state index in [0.717, 1.165) is 10.0 Å². The molecule has 2 aromatic carbocycles. The Morgan fingerprint density at radius 3 is 2.79 bits per heavy atom. The summed E-state index contributed by atoms with van der Waals surface area (Å²) in [6.45, 7) is 3.99. The largest absolute Gasteiger partial charge is 0.488 e. The predicted octanol–water partition coefficient (Wildman–Crippen LogP) is 4.99. The molecule has 0 saturated carbocycles.